The highest BCUT2D eigenvalue weighted by atomic mass is 79.9. The fraction of sp³-hybridized carbons (Fsp3) is 0.143. The van der Waals surface area contributed by atoms with E-state index in [9.17, 15) is 14.5 Å². The molecule has 0 spiro atoms. The molecule has 0 bridgehead atoms. The molecule has 0 unspecified atom stereocenters. The van der Waals surface area contributed by atoms with Gasteiger partial charge in [0.1, 0.15) is 11.5 Å². The Morgan fingerprint density at radius 2 is 2.23 bits per heavy atom. The van der Waals surface area contributed by atoms with Crippen molar-refractivity contribution in [1.29, 1.82) is 0 Å². The van der Waals surface area contributed by atoms with Crippen molar-refractivity contribution in [2.24, 2.45) is 0 Å². The Hall–Kier alpha value is -1.17. The molecule has 0 fully saturated rings. The first kappa shape index (κ1) is 9.91. The summed E-state index contributed by atoms with van der Waals surface area (Å²) >= 11 is 2.86. The number of nitro groups is 1. The van der Waals surface area contributed by atoms with Crippen LogP contribution in [0, 0.1) is 22.9 Å². The molecule has 70 valence electrons. The number of hydrogen-bond donors (Lipinski definition) is 1. The average molecular weight is 249 g/mol. The fourth-order valence-corrected chi connectivity index (χ4v) is 1.42. The van der Waals surface area contributed by atoms with E-state index in [0.29, 0.717) is 0 Å². The van der Waals surface area contributed by atoms with Crippen LogP contribution in [0.4, 0.5) is 15.8 Å². The number of halogens is 2. The van der Waals surface area contributed by atoms with Gasteiger partial charge in [0.2, 0.25) is 0 Å². The standard InChI is InChI=1S/C7H6BrFN2O2/c1-3-6(9)4(8)2-5(7(3)10)11(12)13/h2H,10H2,1H3. The first-order valence-corrected chi connectivity index (χ1v) is 4.13. The van der Waals surface area contributed by atoms with Gasteiger partial charge in [-0.05, 0) is 22.9 Å². The van der Waals surface area contributed by atoms with Gasteiger partial charge < -0.3 is 5.73 Å². The van der Waals surface area contributed by atoms with Crippen LogP contribution in [-0.4, -0.2) is 4.92 Å². The molecule has 0 aliphatic heterocycles. The molecule has 0 aliphatic carbocycles. The number of rotatable bonds is 1. The Bertz CT molecular complexity index is 381. The van der Waals surface area contributed by atoms with Gasteiger partial charge in [-0.2, -0.15) is 0 Å². The van der Waals surface area contributed by atoms with Crippen LogP contribution in [0.5, 0.6) is 0 Å². The van der Waals surface area contributed by atoms with Crippen molar-refractivity contribution in [3.05, 3.63) is 32.0 Å². The highest BCUT2D eigenvalue weighted by Crippen LogP contribution is 2.32. The molecule has 0 saturated carbocycles. The van der Waals surface area contributed by atoms with Gasteiger partial charge in [0.25, 0.3) is 5.69 Å². The maximum absolute atomic E-state index is 13.1. The van der Waals surface area contributed by atoms with E-state index in [-0.39, 0.29) is 21.4 Å². The lowest BCUT2D eigenvalue weighted by molar-refractivity contribution is -0.384. The van der Waals surface area contributed by atoms with E-state index in [4.69, 9.17) is 5.73 Å². The molecule has 1 aromatic carbocycles. The fourth-order valence-electron chi connectivity index (χ4n) is 0.902. The highest BCUT2D eigenvalue weighted by Gasteiger charge is 2.18. The molecule has 0 radical (unpaired) electrons. The Balaban J connectivity index is 3.50. The number of hydrogen-bond acceptors (Lipinski definition) is 3. The van der Waals surface area contributed by atoms with Crippen LogP contribution in [-0.2, 0) is 0 Å². The molecular weight excluding hydrogens is 243 g/mol. The van der Waals surface area contributed by atoms with Gasteiger partial charge in [-0.1, -0.05) is 0 Å². The summed E-state index contributed by atoms with van der Waals surface area (Å²) in [6, 6.07) is 1.05. The van der Waals surface area contributed by atoms with Crippen molar-refractivity contribution >= 4 is 27.3 Å². The SMILES string of the molecule is Cc1c(N)c([N+](=O)[O-])cc(Br)c1F. The van der Waals surface area contributed by atoms with Crippen LogP contribution in [0.3, 0.4) is 0 Å². The maximum Gasteiger partial charge on any atom is 0.293 e. The lowest BCUT2D eigenvalue weighted by Gasteiger charge is -2.03. The van der Waals surface area contributed by atoms with Crippen LogP contribution in [0.25, 0.3) is 0 Å². The van der Waals surface area contributed by atoms with Crippen LogP contribution in [0.2, 0.25) is 0 Å². The van der Waals surface area contributed by atoms with Gasteiger partial charge in [-0.25, -0.2) is 4.39 Å². The summed E-state index contributed by atoms with van der Waals surface area (Å²) in [5, 5.41) is 10.4. The van der Waals surface area contributed by atoms with E-state index >= 15 is 0 Å². The predicted octanol–water partition coefficient (Wildman–Crippen LogP) is 2.39. The van der Waals surface area contributed by atoms with Crippen molar-refractivity contribution in [2.45, 2.75) is 6.92 Å². The van der Waals surface area contributed by atoms with E-state index in [2.05, 4.69) is 15.9 Å². The van der Waals surface area contributed by atoms with Crippen LogP contribution in [0.1, 0.15) is 5.56 Å². The Kier molecular flexibility index (Phi) is 2.51. The van der Waals surface area contributed by atoms with Crippen molar-refractivity contribution in [1.82, 2.24) is 0 Å². The molecule has 13 heavy (non-hydrogen) atoms. The topological polar surface area (TPSA) is 69.2 Å². The average Bonchev–Trinajstić information content (AvgIpc) is 2.07. The molecular formula is C7H6BrFN2O2. The summed E-state index contributed by atoms with van der Waals surface area (Å²) in [6.45, 7) is 1.39. The number of benzene rings is 1. The van der Waals surface area contributed by atoms with Crippen LogP contribution in [0.15, 0.2) is 10.5 Å². The number of nitrogens with two attached hydrogens (primary N) is 1. The van der Waals surface area contributed by atoms with Gasteiger partial charge >= 0.3 is 0 Å². The summed E-state index contributed by atoms with van der Waals surface area (Å²) < 4.78 is 13.1. The summed E-state index contributed by atoms with van der Waals surface area (Å²) in [4.78, 5) is 9.77. The number of nitro benzene ring substituents is 1. The lowest BCUT2D eigenvalue weighted by atomic mass is 10.1. The van der Waals surface area contributed by atoms with Crippen LogP contribution < -0.4 is 5.73 Å². The third-order valence-corrected chi connectivity index (χ3v) is 2.26. The molecule has 0 aliphatic rings. The molecule has 1 aromatic rings. The highest BCUT2D eigenvalue weighted by molar-refractivity contribution is 9.10. The predicted molar refractivity (Wildman–Crippen MR) is 49.9 cm³/mol. The summed E-state index contributed by atoms with van der Waals surface area (Å²) in [6.07, 6.45) is 0. The van der Waals surface area contributed by atoms with Gasteiger partial charge in [-0.3, -0.25) is 10.1 Å². The smallest absolute Gasteiger partial charge is 0.293 e. The summed E-state index contributed by atoms with van der Waals surface area (Å²) in [5.41, 5.74) is 5.02. The molecule has 0 aromatic heterocycles. The minimum absolute atomic E-state index is 0.0471. The molecule has 1 rings (SSSR count). The second-order valence-electron chi connectivity index (χ2n) is 2.49. The monoisotopic (exact) mass is 248 g/mol. The molecule has 0 heterocycles. The first-order chi connectivity index (χ1) is 5.95. The van der Waals surface area contributed by atoms with E-state index < -0.39 is 10.7 Å². The number of anilines is 1. The van der Waals surface area contributed by atoms with Gasteiger partial charge in [0, 0.05) is 11.6 Å². The number of nitrogen functional groups attached to an aromatic ring is 1. The van der Waals surface area contributed by atoms with Crippen molar-refractivity contribution < 1.29 is 9.31 Å². The van der Waals surface area contributed by atoms with Gasteiger partial charge in [0.05, 0.1) is 9.40 Å². The number of nitrogens with zero attached hydrogens (tertiary/aromatic N) is 1. The van der Waals surface area contributed by atoms with Gasteiger partial charge in [-0.15, -0.1) is 0 Å². The molecule has 0 atom stereocenters. The van der Waals surface area contributed by atoms with Crippen molar-refractivity contribution in [3.63, 3.8) is 0 Å². The second-order valence-corrected chi connectivity index (χ2v) is 3.34. The zero-order chi connectivity index (χ0) is 10.2. The molecule has 6 heteroatoms. The third-order valence-electron chi connectivity index (χ3n) is 1.68. The quantitative estimate of drug-likeness (QED) is 0.472. The van der Waals surface area contributed by atoms with Crippen molar-refractivity contribution in [2.75, 3.05) is 5.73 Å². The normalized spacial score (nSPS) is 10.1. The zero-order valence-electron chi connectivity index (χ0n) is 6.67. The zero-order valence-corrected chi connectivity index (χ0v) is 8.26. The summed E-state index contributed by atoms with van der Waals surface area (Å²) in [7, 11) is 0. The largest absolute Gasteiger partial charge is 0.393 e. The Morgan fingerprint density at radius 3 is 2.69 bits per heavy atom. The lowest BCUT2D eigenvalue weighted by Crippen LogP contribution is -2.00. The molecule has 4 nitrogen and oxygen atoms in total. The first-order valence-electron chi connectivity index (χ1n) is 3.33. The minimum Gasteiger partial charge on any atom is -0.393 e. The third kappa shape index (κ3) is 1.62. The second kappa shape index (κ2) is 3.29. The van der Waals surface area contributed by atoms with Gasteiger partial charge in [0.15, 0.2) is 0 Å². The molecule has 2 N–H and O–H groups in total. The summed E-state index contributed by atoms with van der Waals surface area (Å²) in [5.74, 6) is -0.567. The molecule has 0 saturated heterocycles. The maximum atomic E-state index is 13.1. The Labute approximate surface area is 81.8 Å². The van der Waals surface area contributed by atoms with E-state index in [0.717, 1.165) is 6.07 Å². The minimum atomic E-state index is -0.646. The molecule has 0 amide bonds. The van der Waals surface area contributed by atoms with E-state index in [1.807, 2.05) is 0 Å². The van der Waals surface area contributed by atoms with E-state index in [1.54, 1.807) is 0 Å². The Morgan fingerprint density at radius 1 is 1.69 bits per heavy atom. The van der Waals surface area contributed by atoms with Crippen molar-refractivity contribution in [3.8, 4) is 0 Å². The van der Waals surface area contributed by atoms with Crippen LogP contribution >= 0.6 is 15.9 Å². The van der Waals surface area contributed by atoms with E-state index in [1.165, 1.54) is 6.92 Å².